The van der Waals surface area contributed by atoms with Gasteiger partial charge in [-0.05, 0) is 23.1 Å². The fraction of sp³-hybridized carbons (Fsp3) is 0.200. The molecule has 1 atom stereocenters. The van der Waals surface area contributed by atoms with Crippen LogP contribution in [0.4, 0.5) is 0 Å². The van der Waals surface area contributed by atoms with Crippen molar-refractivity contribution < 1.29 is 0 Å². The van der Waals surface area contributed by atoms with E-state index in [0.29, 0.717) is 0 Å². The molecule has 0 bridgehead atoms. The van der Waals surface area contributed by atoms with Crippen LogP contribution in [0.1, 0.15) is 29.7 Å². The monoisotopic (exact) mass is 211 g/mol. The Bertz CT molecular complexity index is 431. The molecule has 16 heavy (non-hydrogen) atoms. The maximum absolute atomic E-state index is 6.21. The van der Waals surface area contributed by atoms with Gasteiger partial charge in [-0.15, -0.1) is 0 Å². The number of aryl methyl sites for hydroxylation is 1. The molecule has 2 aromatic carbocycles. The van der Waals surface area contributed by atoms with E-state index in [4.69, 9.17) is 5.73 Å². The largest absolute Gasteiger partial charge is 0.320 e. The van der Waals surface area contributed by atoms with E-state index in [-0.39, 0.29) is 6.04 Å². The minimum atomic E-state index is -0.0212. The van der Waals surface area contributed by atoms with Crippen molar-refractivity contribution in [3.05, 3.63) is 71.3 Å². The Morgan fingerprint density at radius 2 is 1.44 bits per heavy atom. The van der Waals surface area contributed by atoms with Crippen molar-refractivity contribution in [2.24, 2.45) is 5.73 Å². The Morgan fingerprint density at radius 3 is 2.00 bits per heavy atom. The molecule has 0 aliphatic carbocycles. The standard InChI is InChI=1S/C15H17N/c1-2-12-8-10-14(11-9-12)15(16)13-6-4-3-5-7-13/h3-11,15H,2,16H2,1H3. The molecular weight excluding hydrogens is 194 g/mol. The Hall–Kier alpha value is -1.60. The van der Waals surface area contributed by atoms with Gasteiger partial charge in [0.2, 0.25) is 0 Å². The van der Waals surface area contributed by atoms with Crippen LogP contribution in [-0.4, -0.2) is 0 Å². The summed E-state index contributed by atoms with van der Waals surface area (Å²) in [7, 11) is 0. The minimum Gasteiger partial charge on any atom is -0.320 e. The van der Waals surface area contributed by atoms with Gasteiger partial charge in [-0.3, -0.25) is 0 Å². The highest BCUT2D eigenvalue weighted by Crippen LogP contribution is 2.19. The quantitative estimate of drug-likeness (QED) is 0.828. The zero-order valence-electron chi connectivity index (χ0n) is 9.56. The predicted molar refractivity (Wildman–Crippen MR) is 68.3 cm³/mol. The molecule has 0 radical (unpaired) electrons. The molecule has 0 aliphatic rings. The van der Waals surface area contributed by atoms with Crippen molar-refractivity contribution in [3.8, 4) is 0 Å². The zero-order chi connectivity index (χ0) is 11.4. The Morgan fingerprint density at radius 1 is 0.875 bits per heavy atom. The number of benzene rings is 2. The van der Waals surface area contributed by atoms with E-state index in [2.05, 4.69) is 43.3 Å². The lowest BCUT2D eigenvalue weighted by molar-refractivity contribution is 0.870. The number of hydrogen-bond acceptors (Lipinski definition) is 1. The second kappa shape index (κ2) is 4.95. The van der Waals surface area contributed by atoms with E-state index in [0.717, 1.165) is 12.0 Å². The van der Waals surface area contributed by atoms with Gasteiger partial charge in [0.1, 0.15) is 0 Å². The second-order valence-corrected chi connectivity index (χ2v) is 3.98. The van der Waals surface area contributed by atoms with Gasteiger partial charge >= 0.3 is 0 Å². The van der Waals surface area contributed by atoms with Crippen molar-refractivity contribution in [3.63, 3.8) is 0 Å². The predicted octanol–water partition coefficient (Wildman–Crippen LogP) is 3.30. The summed E-state index contributed by atoms with van der Waals surface area (Å²) in [4.78, 5) is 0. The molecule has 1 heteroatoms. The van der Waals surface area contributed by atoms with Crippen LogP contribution in [0.15, 0.2) is 54.6 Å². The lowest BCUT2D eigenvalue weighted by atomic mass is 9.98. The lowest BCUT2D eigenvalue weighted by Crippen LogP contribution is -2.11. The average molecular weight is 211 g/mol. The highest BCUT2D eigenvalue weighted by Gasteiger charge is 2.07. The second-order valence-electron chi connectivity index (χ2n) is 3.98. The van der Waals surface area contributed by atoms with Crippen LogP contribution in [0.25, 0.3) is 0 Å². The van der Waals surface area contributed by atoms with Crippen molar-refractivity contribution >= 4 is 0 Å². The van der Waals surface area contributed by atoms with E-state index in [1.165, 1.54) is 11.1 Å². The van der Waals surface area contributed by atoms with Gasteiger partial charge in [-0.25, -0.2) is 0 Å². The maximum atomic E-state index is 6.21. The van der Waals surface area contributed by atoms with Crippen LogP contribution >= 0.6 is 0 Å². The summed E-state index contributed by atoms with van der Waals surface area (Å²) < 4.78 is 0. The molecular formula is C15H17N. The lowest BCUT2D eigenvalue weighted by Gasteiger charge is -2.12. The summed E-state index contributed by atoms with van der Waals surface area (Å²) in [6.45, 7) is 2.16. The topological polar surface area (TPSA) is 26.0 Å². The average Bonchev–Trinajstić information content (AvgIpc) is 2.39. The van der Waals surface area contributed by atoms with Gasteiger partial charge in [0, 0.05) is 0 Å². The van der Waals surface area contributed by atoms with E-state index in [9.17, 15) is 0 Å². The fourth-order valence-electron chi connectivity index (χ4n) is 1.81. The Kier molecular flexibility index (Phi) is 3.37. The molecule has 0 saturated heterocycles. The first-order valence-electron chi connectivity index (χ1n) is 5.70. The third kappa shape index (κ3) is 2.31. The molecule has 2 aromatic rings. The van der Waals surface area contributed by atoms with Crippen molar-refractivity contribution in [1.82, 2.24) is 0 Å². The first-order valence-corrected chi connectivity index (χ1v) is 5.70. The Labute approximate surface area is 96.9 Å². The Balaban J connectivity index is 2.24. The molecule has 2 N–H and O–H groups in total. The normalized spacial score (nSPS) is 12.4. The summed E-state index contributed by atoms with van der Waals surface area (Å²) in [6.07, 6.45) is 1.07. The molecule has 1 unspecified atom stereocenters. The molecule has 0 saturated carbocycles. The molecule has 0 heterocycles. The van der Waals surface area contributed by atoms with Crippen molar-refractivity contribution in [1.29, 1.82) is 0 Å². The van der Waals surface area contributed by atoms with E-state index >= 15 is 0 Å². The van der Waals surface area contributed by atoms with E-state index in [1.54, 1.807) is 0 Å². The third-order valence-electron chi connectivity index (χ3n) is 2.91. The van der Waals surface area contributed by atoms with Crippen LogP contribution in [0.3, 0.4) is 0 Å². The van der Waals surface area contributed by atoms with Gasteiger partial charge < -0.3 is 5.73 Å². The summed E-state index contributed by atoms with van der Waals surface area (Å²) in [5, 5.41) is 0. The number of hydrogen-bond donors (Lipinski definition) is 1. The van der Waals surface area contributed by atoms with Gasteiger partial charge in [-0.1, -0.05) is 61.5 Å². The highest BCUT2D eigenvalue weighted by atomic mass is 14.6. The summed E-state index contributed by atoms with van der Waals surface area (Å²) in [5.74, 6) is 0. The number of nitrogens with two attached hydrogens (primary N) is 1. The highest BCUT2D eigenvalue weighted by molar-refractivity contribution is 5.32. The smallest absolute Gasteiger partial charge is 0.0551 e. The first-order chi connectivity index (χ1) is 7.81. The zero-order valence-corrected chi connectivity index (χ0v) is 9.56. The SMILES string of the molecule is CCc1ccc(C(N)c2ccccc2)cc1. The minimum absolute atomic E-state index is 0.0212. The molecule has 0 fully saturated rings. The van der Waals surface area contributed by atoms with Crippen LogP contribution in [-0.2, 0) is 6.42 Å². The molecule has 82 valence electrons. The van der Waals surface area contributed by atoms with Gasteiger partial charge in [0.05, 0.1) is 6.04 Å². The van der Waals surface area contributed by atoms with Gasteiger partial charge in [0.15, 0.2) is 0 Å². The van der Waals surface area contributed by atoms with E-state index in [1.807, 2.05) is 18.2 Å². The summed E-state index contributed by atoms with van der Waals surface area (Å²) >= 11 is 0. The molecule has 2 rings (SSSR count). The molecule has 0 spiro atoms. The van der Waals surface area contributed by atoms with Gasteiger partial charge in [0.25, 0.3) is 0 Å². The van der Waals surface area contributed by atoms with Crippen LogP contribution in [0.2, 0.25) is 0 Å². The molecule has 0 aromatic heterocycles. The number of rotatable bonds is 3. The van der Waals surface area contributed by atoms with E-state index < -0.39 is 0 Å². The van der Waals surface area contributed by atoms with Crippen LogP contribution < -0.4 is 5.73 Å². The fourth-order valence-corrected chi connectivity index (χ4v) is 1.81. The van der Waals surface area contributed by atoms with Crippen LogP contribution in [0.5, 0.6) is 0 Å². The first kappa shape index (κ1) is 10.9. The summed E-state index contributed by atoms with van der Waals surface area (Å²) in [5.41, 5.74) is 9.89. The third-order valence-corrected chi connectivity index (χ3v) is 2.91. The molecule has 1 nitrogen and oxygen atoms in total. The van der Waals surface area contributed by atoms with Gasteiger partial charge in [-0.2, -0.15) is 0 Å². The maximum Gasteiger partial charge on any atom is 0.0551 e. The van der Waals surface area contributed by atoms with Crippen molar-refractivity contribution in [2.75, 3.05) is 0 Å². The van der Waals surface area contributed by atoms with Crippen molar-refractivity contribution in [2.45, 2.75) is 19.4 Å². The molecule has 0 amide bonds. The molecule has 0 aliphatic heterocycles. The van der Waals surface area contributed by atoms with Crippen LogP contribution in [0, 0.1) is 0 Å². The summed E-state index contributed by atoms with van der Waals surface area (Å²) in [6, 6.07) is 18.7.